The lowest BCUT2D eigenvalue weighted by Gasteiger charge is -2.23. The van der Waals surface area contributed by atoms with Gasteiger partial charge in [0.2, 0.25) is 11.8 Å². The minimum atomic E-state index is -0.390. The number of carbonyl (C=O) groups is 2. The van der Waals surface area contributed by atoms with E-state index in [1.807, 2.05) is 0 Å². The molecule has 2 aromatic carbocycles. The lowest BCUT2D eigenvalue weighted by Crippen LogP contribution is -2.37. The first-order valence-corrected chi connectivity index (χ1v) is 8.36. The van der Waals surface area contributed by atoms with Gasteiger partial charge in [-0.05, 0) is 18.2 Å². The van der Waals surface area contributed by atoms with Crippen molar-refractivity contribution in [2.75, 3.05) is 31.0 Å². The molecular formula is C18H18Cl2N2O4. The fourth-order valence-electron chi connectivity index (χ4n) is 2.33. The van der Waals surface area contributed by atoms with Crippen molar-refractivity contribution in [1.29, 1.82) is 0 Å². The van der Waals surface area contributed by atoms with Crippen molar-refractivity contribution in [2.45, 2.75) is 6.92 Å². The molecule has 0 saturated carbocycles. The van der Waals surface area contributed by atoms with E-state index < -0.39 is 5.91 Å². The number of nitrogens with one attached hydrogen (secondary N) is 1. The number of carbonyl (C=O) groups excluding carboxylic acids is 2. The Balaban J connectivity index is 2.29. The lowest BCUT2D eigenvalue weighted by molar-refractivity contribution is -0.120. The molecular weight excluding hydrogens is 379 g/mol. The molecule has 1 N–H and O–H groups in total. The lowest BCUT2D eigenvalue weighted by atomic mass is 10.2. The van der Waals surface area contributed by atoms with E-state index in [1.165, 1.54) is 32.1 Å². The fraction of sp³-hybridized carbons (Fsp3) is 0.222. The molecule has 0 fully saturated rings. The molecule has 26 heavy (non-hydrogen) atoms. The molecule has 0 aromatic heterocycles. The van der Waals surface area contributed by atoms with E-state index >= 15 is 0 Å². The molecule has 0 heterocycles. The highest BCUT2D eigenvalue weighted by atomic mass is 35.5. The van der Waals surface area contributed by atoms with Crippen molar-refractivity contribution in [1.82, 2.24) is 0 Å². The van der Waals surface area contributed by atoms with Crippen LogP contribution >= 0.6 is 23.2 Å². The zero-order chi connectivity index (χ0) is 19.3. The average molecular weight is 397 g/mol. The fourth-order valence-corrected chi connectivity index (χ4v) is 2.75. The second-order valence-electron chi connectivity index (χ2n) is 5.32. The van der Waals surface area contributed by atoms with E-state index in [2.05, 4.69) is 5.32 Å². The zero-order valence-electron chi connectivity index (χ0n) is 14.5. The molecule has 0 radical (unpaired) electrons. The maximum absolute atomic E-state index is 12.4. The first-order valence-electron chi connectivity index (χ1n) is 7.60. The van der Waals surface area contributed by atoms with Gasteiger partial charge >= 0.3 is 0 Å². The SMILES string of the molecule is COc1cc(N(CC(=O)Nc2cccc(Cl)c2)C(C)=O)c(OC)cc1Cl. The highest BCUT2D eigenvalue weighted by molar-refractivity contribution is 6.32. The van der Waals surface area contributed by atoms with Crippen LogP contribution in [0.3, 0.4) is 0 Å². The van der Waals surface area contributed by atoms with Gasteiger partial charge in [0.25, 0.3) is 0 Å². The molecule has 2 amide bonds. The van der Waals surface area contributed by atoms with Crippen LogP contribution in [0.2, 0.25) is 10.0 Å². The van der Waals surface area contributed by atoms with Gasteiger partial charge < -0.3 is 14.8 Å². The topological polar surface area (TPSA) is 67.9 Å². The summed E-state index contributed by atoms with van der Waals surface area (Å²) in [6.07, 6.45) is 0. The average Bonchev–Trinajstić information content (AvgIpc) is 2.59. The van der Waals surface area contributed by atoms with Gasteiger partial charge in [-0.15, -0.1) is 0 Å². The number of benzene rings is 2. The molecule has 2 rings (SSSR count). The van der Waals surface area contributed by atoms with E-state index in [0.717, 1.165) is 0 Å². The standard InChI is InChI=1S/C18H18Cl2N2O4/c1-11(23)22(10-18(24)21-13-6-4-5-12(19)7-13)15-9-16(25-2)14(20)8-17(15)26-3/h4-9H,10H2,1-3H3,(H,21,24). The third kappa shape index (κ3) is 4.80. The van der Waals surface area contributed by atoms with Gasteiger partial charge in [0.05, 0.1) is 24.9 Å². The molecule has 8 heteroatoms. The number of hydrogen-bond donors (Lipinski definition) is 1. The number of anilines is 2. The Morgan fingerprint density at radius 1 is 1.08 bits per heavy atom. The first kappa shape index (κ1) is 19.9. The summed E-state index contributed by atoms with van der Waals surface area (Å²) in [6.45, 7) is 1.14. The van der Waals surface area contributed by atoms with Crippen LogP contribution in [0, 0.1) is 0 Å². The number of ether oxygens (including phenoxy) is 2. The van der Waals surface area contributed by atoms with Crippen LogP contribution in [0.1, 0.15) is 6.92 Å². The molecule has 6 nitrogen and oxygen atoms in total. The summed E-state index contributed by atoms with van der Waals surface area (Å²) in [6, 6.07) is 9.81. The summed E-state index contributed by atoms with van der Waals surface area (Å²) in [5.74, 6) is -0.0159. The van der Waals surface area contributed by atoms with Crippen molar-refractivity contribution in [2.24, 2.45) is 0 Å². The molecule has 0 spiro atoms. The molecule has 0 aliphatic carbocycles. The number of halogens is 2. The quantitative estimate of drug-likeness (QED) is 0.800. The second kappa shape index (κ2) is 8.78. The number of rotatable bonds is 6. The van der Waals surface area contributed by atoms with E-state index in [1.54, 1.807) is 30.3 Å². The Hall–Kier alpha value is -2.44. The maximum atomic E-state index is 12.4. The van der Waals surface area contributed by atoms with Crippen molar-refractivity contribution < 1.29 is 19.1 Å². The van der Waals surface area contributed by atoms with Crippen LogP contribution in [-0.4, -0.2) is 32.6 Å². The smallest absolute Gasteiger partial charge is 0.244 e. The normalized spacial score (nSPS) is 10.2. The number of methoxy groups -OCH3 is 2. The summed E-state index contributed by atoms with van der Waals surface area (Å²) >= 11 is 12.0. The van der Waals surface area contributed by atoms with Crippen molar-refractivity contribution >= 4 is 46.4 Å². The van der Waals surface area contributed by atoms with Gasteiger partial charge in [0.1, 0.15) is 18.0 Å². The molecule has 0 aliphatic rings. The molecule has 138 valence electrons. The largest absolute Gasteiger partial charge is 0.495 e. The Kier molecular flexibility index (Phi) is 6.71. The predicted molar refractivity (Wildman–Crippen MR) is 103 cm³/mol. The molecule has 0 bridgehead atoms. The molecule has 0 aliphatic heterocycles. The molecule has 2 aromatic rings. The van der Waals surface area contributed by atoms with E-state index in [-0.39, 0.29) is 12.5 Å². The van der Waals surface area contributed by atoms with Gasteiger partial charge in [0, 0.05) is 29.8 Å². The van der Waals surface area contributed by atoms with Crippen molar-refractivity contribution in [3.63, 3.8) is 0 Å². The van der Waals surface area contributed by atoms with Gasteiger partial charge in [-0.3, -0.25) is 14.5 Å². The number of hydrogen-bond acceptors (Lipinski definition) is 4. The maximum Gasteiger partial charge on any atom is 0.244 e. The van der Waals surface area contributed by atoms with Crippen molar-refractivity contribution in [3.05, 3.63) is 46.4 Å². The highest BCUT2D eigenvalue weighted by Crippen LogP contribution is 2.38. The molecule has 0 saturated heterocycles. The Bertz CT molecular complexity index is 827. The highest BCUT2D eigenvalue weighted by Gasteiger charge is 2.22. The zero-order valence-corrected chi connectivity index (χ0v) is 16.0. The van der Waals surface area contributed by atoms with Gasteiger partial charge in [-0.2, -0.15) is 0 Å². The van der Waals surface area contributed by atoms with Crippen molar-refractivity contribution in [3.8, 4) is 11.5 Å². The van der Waals surface area contributed by atoms with Gasteiger partial charge in [-0.25, -0.2) is 0 Å². The minimum absolute atomic E-state index is 0.219. The minimum Gasteiger partial charge on any atom is -0.495 e. The summed E-state index contributed by atoms with van der Waals surface area (Å²) in [4.78, 5) is 25.8. The summed E-state index contributed by atoms with van der Waals surface area (Å²) in [5, 5.41) is 3.53. The summed E-state index contributed by atoms with van der Waals surface area (Å²) in [5.41, 5.74) is 0.911. The monoisotopic (exact) mass is 396 g/mol. The third-order valence-corrected chi connectivity index (χ3v) is 4.06. The second-order valence-corrected chi connectivity index (χ2v) is 6.17. The number of nitrogens with zero attached hydrogens (tertiary/aromatic N) is 1. The Labute approximate surface area is 161 Å². The van der Waals surface area contributed by atoms with Crippen LogP contribution < -0.4 is 19.7 Å². The first-order chi connectivity index (χ1) is 12.3. The van der Waals surface area contributed by atoms with Crippen LogP contribution in [0.15, 0.2) is 36.4 Å². The molecule has 0 unspecified atom stereocenters. The van der Waals surface area contributed by atoms with Crippen LogP contribution in [0.5, 0.6) is 11.5 Å². The Morgan fingerprint density at radius 2 is 1.77 bits per heavy atom. The third-order valence-electron chi connectivity index (χ3n) is 3.53. The van der Waals surface area contributed by atoms with Crippen LogP contribution in [-0.2, 0) is 9.59 Å². The molecule has 0 atom stereocenters. The van der Waals surface area contributed by atoms with E-state index in [9.17, 15) is 9.59 Å². The summed E-state index contributed by atoms with van der Waals surface area (Å²) < 4.78 is 10.5. The summed E-state index contributed by atoms with van der Waals surface area (Å²) in [7, 11) is 2.91. The number of amides is 2. The van der Waals surface area contributed by atoms with Gasteiger partial charge in [0.15, 0.2) is 0 Å². The Morgan fingerprint density at radius 3 is 2.35 bits per heavy atom. The van der Waals surface area contributed by atoms with E-state index in [4.69, 9.17) is 32.7 Å². The van der Waals surface area contributed by atoms with Crippen LogP contribution in [0.25, 0.3) is 0 Å². The predicted octanol–water partition coefficient (Wildman–Crippen LogP) is 4.00. The van der Waals surface area contributed by atoms with Gasteiger partial charge in [-0.1, -0.05) is 29.3 Å². The van der Waals surface area contributed by atoms with E-state index in [0.29, 0.717) is 32.9 Å². The van der Waals surface area contributed by atoms with Crippen LogP contribution in [0.4, 0.5) is 11.4 Å².